The van der Waals surface area contributed by atoms with Crippen molar-refractivity contribution < 1.29 is 14.0 Å². The number of aromatic nitrogens is 2. The van der Waals surface area contributed by atoms with Crippen molar-refractivity contribution in [3.63, 3.8) is 0 Å². The van der Waals surface area contributed by atoms with Gasteiger partial charge in [-0.1, -0.05) is 32.5 Å². The average molecular weight is 488 g/mol. The van der Waals surface area contributed by atoms with Crippen molar-refractivity contribution >= 4 is 45.0 Å². The molecule has 1 aliphatic carbocycles. The van der Waals surface area contributed by atoms with Gasteiger partial charge in [-0.2, -0.15) is 0 Å². The Balaban J connectivity index is 1.66. The summed E-state index contributed by atoms with van der Waals surface area (Å²) < 4.78 is 7.09. The SMILES string of the molecule is CC(=O)C(NC(=O)CSc1nc2sc3c(c2c(=O)n1Cc1ccco1)CCC(C)C3)C(C)C. The van der Waals surface area contributed by atoms with Gasteiger partial charge in [0.05, 0.1) is 30.0 Å². The second kappa shape index (κ2) is 9.85. The van der Waals surface area contributed by atoms with Crippen LogP contribution in [0.25, 0.3) is 10.2 Å². The van der Waals surface area contributed by atoms with E-state index < -0.39 is 6.04 Å². The molecule has 1 amide bonds. The minimum atomic E-state index is -0.523. The van der Waals surface area contributed by atoms with Crippen molar-refractivity contribution in [3.05, 3.63) is 45.0 Å². The van der Waals surface area contributed by atoms with Crippen molar-refractivity contribution in [1.29, 1.82) is 0 Å². The molecule has 176 valence electrons. The van der Waals surface area contributed by atoms with E-state index in [0.29, 0.717) is 22.2 Å². The van der Waals surface area contributed by atoms with Crippen LogP contribution >= 0.6 is 23.1 Å². The summed E-state index contributed by atoms with van der Waals surface area (Å²) in [5.41, 5.74) is 1.05. The lowest BCUT2D eigenvalue weighted by Gasteiger charge is -2.19. The summed E-state index contributed by atoms with van der Waals surface area (Å²) in [5.74, 6) is 0.989. The molecule has 7 nitrogen and oxygen atoms in total. The Bertz CT molecular complexity index is 1230. The van der Waals surface area contributed by atoms with Gasteiger partial charge in [0.2, 0.25) is 5.91 Å². The van der Waals surface area contributed by atoms with Gasteiger partial charge in [0.15, 0.2) is 10.9 Å². The normalized spacial score (nSPS) is 16.7. The maximum absolute atomic E-state index is 13.6. The van der Waals surface area contributed by atoms with Crippen molar-refractivity contribution in [2.75, 3.05) is 5.75 Å². The van der Waals surface area contributed by atoms with Gasteiger partial charge in [-0.25, -0.2) is 4.98 Å². The largest absolute Gasteiger partial charge is 0.467 e. The molecule has 3 aromatic rings. The third kappa shape index (κ3) is 5.09. The number of nitrogens with zero attached hydrogens (tertiary/aromatic N) is 2. The highest BCUT2D eigenvalue weighted by atomic mass is 32.2. The molecule has 3 aromatic heterocycles. The topological polar surface area (TPSA) is 94.2 Å². The number of amides is 1. The first kappa shape index (κ1) is 23.8. The van der Waals surface area contributed by atoms with Gasteiger partial charge in [-0.15, -0.1) is 11.3 Å². The van der Waals surface area contributed by atoms with E-state index in [2.05, 4.69) is 12.2 Å². The number of carbonyl (C=O) groups excluding carboxylic acids is 2. The van der Waals surface area contributed by atoms with Gasteiger partial charge in [0, 0.05) is 4.88 Å². The zero-order chi connectivity index (χ0) is 23.7. The number of rotatable bonds is 8. The first-order valence-corrected chi connectivity index (χ1v) is 13.0. The number of fused-ring (bicyclic) bond motifs is 3. The predicted octanol–water partition coefficient (Wildman–Crippen LogP) is 4.05. The number of carbonyl (C=O) groups is 2. The molecular formula is C24H29N3O4S2. The number of thiophene rings is 1. The van der Waals surface area contributed by atoms with E-state index in [1.54, 1.807) is 28.2 Å². The first-order chi connectivity index (χ1) is 15.7. The molecule has 1 aliphatic rings. The summed E-state index contributed by atoms with van der Waals surface area (Å²) in [6.45, 7) is 7.77. The maximum atomic E-state index is 13.6. The van der Waals surface area contributed by atoms with E-state index in [4.69, 9.17) is 9.40 Å². The number of furan rings is 1. The molecule has 33 heavy (non-hydrogen) atoms. The predicted molar refractivity (Wildman–Crippen MR) is 131 cm³/mol. The number of Topliss-reactive ketones (excluding diaryl/α,β-unsaturated/α-hetero) is 1. The zero-order valence-electron chi connectivity index (χ0n) is 19.3. The number of nitrogens with one attached hydrogen (secondary N) is 1. The van der Waals surface area contributed by atoms with Crippen LogP contribution in [0.3, 0.4) is 0 Å². The van der Waals surface area contributed by atoms with Crippen LogP contribution in [0.1, 0.15) is 50.3 Å². The van der Waals surface area contributed by atoms with Crippen LogP contribution in [0.15, 0.2) is 32.8 Å². The summed E-state index contributed by atoms with van der Waals surface area (Å²) in [7, 11) is 0. The zero-order valence-corrected chi connectivity index (χ0v) is 21.0. The lowest BCUT2D eigenvalue weighted by molar-refractivity contribution is -0.126. The van der Waals surface area contributed by atoms with Crippen LogP contribution < -0.4 is 10.9 Å². The maximum Gasteiger partial charge on any atom is 0.263 e. The van der Waals surface area contributed by atoms with Crippen LogP contribution in [-0.4, -0.2) is 33.0 Å². The molecule has 4 rings (SSSR count). The Morgan fingerprint density at radius 2 is 2.18 bits per heavy atom. The molecule has 0 aromatic carbocycles. The quantitative estimate of drug-likeness (QED) is 0.381. The van der Waals surface area contributed by atoms with Crippen LogP contribution in [0, 0.1) is 11.8 Å². The summed E-state index contributed by atoms with van der Waals surface area (Å²) >= 11 is 2.81. The van der Waals surface area contributed by atoms with Gasteiger partial charge in [-0.05, 0) is 55.7 Å². The van der Waals surface area contributed by atoms with Gasteiger partial charge < -0.3 is 9.73 Å². The van der Waals surface area contributed by atoms with Crippen LogP contribution in [0.2, 0.25) is 0 Å². The first-order valence-electron chi connectivity index (χ1n) is 11.2. The Morgan fingerprint density at radius 1 is 1.39 bits per heavy atom. The van der Waals surface area contributed by atoms with Crippen molar-refractivity contribution in [3.8, 4) is 0 Å². The van der Waals surface area contributed by atoms with E-state index in [0.717, 1.165) is 29.7 Å². The smallest absolute Gasteiger partial charge is 0.263 e. The summed E-state index contributed by atoms with van der Waals surface area (Å²) in [4.78, 5) is 44.9. The van der Waals surface area contributed by atoms with E-state index in [1.165, 1.54) is 23.6 Å². The molecule has 0 saturated carbocycles. The van der Waals surface area contributed by atoms with E-state index in [-0.39, 0.29) is 35.5 Å². The highest BCUT2D eigenvalue weighted by Gasteiger charge is 2.26. The fourth-order valence-corrected chi connectivity index (χ4v) is 6.53. The molecule has 3 heterocycles. The van der Waals surface area contributed by atoms with Crippen LogP contribution in [0.5, 0.6) is 0 Å². The molecule has 0 bridgehead atoms. The van der Waals surface area contributed by atoms with Crippen LogP contribution in [0.4, 0.5) is 0 Å². The molecule has 2 atom stereocenters. The number of ketones is 1. The lowest BCUT2D eigenvalue weighted by Crippen LogP contribution is -2.44. The van der Waals surface area contributed by atoms with E-state index in [9.17, 15) is 14.4 Å². The monoisotopic (exact) mass is 487 g/mol. The number of thioether (sulfide) groups is 1. The minimum Gasteiger partial charge on any atom is -0.467 e. The molecule has 2 unspecified atom stereocenters. The molecule has 0 fully saturated rings. The Labute approximate surface area is 201 Å². The second-order valence-electron chi connectivity index (χ2n) is 9.09. The van der Waals surface area contributed by atoms with Crippen molar-refractivity contribution in [1.82, 2.24) is 14.9 Å². The molecule has 1 N–H and O–H groups in total. The van der Waals surface area contributed by atoms with Gasteiger partial charge >= 0.3 is 0 Å². The number of hydrogen-bond donors (Lipinski definition) is 1. The third-order valence-corrected chi connectivity index (χ3v) is 8.15. The molecule has 0 spiro atoms. The number of hydrogen-bond acceptors (Lipinski definition) is 7. The average Bonchev–Trinajstić information content (AvgIpc) is 3.39. The Morgan fingerprint density at radius 3 is 2.85 bits per heavy atom. The summed E-state index contributed by atoms with van der Waals surface area (Å²) in [6.07, 6.45) is 4.51. The summed E-state index contributed by atoms with van der Waals surface area (Å²) in [6, 6.07) is 3.08. The Kier molecular flexibility index (Phi) is 7.09. The number of aryl methyl sites for hydroxylation is 1. The second-order valence-corrected chi connectivity index (χ2v) is 11.1. The fraction of sp³-hybridized carbons (Fsp3) is 0.500. The summed E-state index contributed by atoms with van der Waals surface area (Å²) in [5, 5.41) is 4.00. The third-order valence-electron chi connectivity index (χ3n) is 6.03. The van der Waals surface area contributed by atoms with Crippen LogP contribution in [-0.2, 0) is 29.0 Å². The standard InChI is InChI=1S/C24H29N3O4S2/c1-13(2)21(15(4)28)25-19(29)12-32-24-26-22-20(17-8-7-14(3)10-18(17)33-22)23(30)27(24)11-16-6-5-9-31-16/h5-6,9,13-14,21H,7-8,10-12H2,1-4H3,(H,25,29). The molecule has 9 heteroatoms. The minimum absolute atomic E-state index is 0.00267. The van der Waals surface area contributed by atoms with E-state index in [1.807, 2.05) is 19.9 Å². The van der Waals surface area contributed by atoms with Crippen molar-refractivity contribution in [2.45, 2.75) is 64.7 Å². The van der Waals surface area contributed by atoms with Gasteiger partial charge in [-0.3, -0.25) is 19.0 Å². The molecule has 0 aliphatic heterocycles. The molecule has 0 radical (unpaired) electrons. The molecule has 0 saturated heterocycles. The van der Waals surface area contributed by atoms with Crippen molar-refractivity contribution in [2.24, 2.45) is 11.8 Å². The van der Waals surface area contributed by atoms with Gasteiger partial charge in [0.25, 0.3) is 5.56 Å². The van der Waals surface area contributed by atoms with Gasteiger partial charge in [0.1, 0.15) is 10.6 Å². The fourth-order valence-electron chi connectivity index (χ4n) is 4.30. The molecular weight excluding hydrogens is 458 g/mol. The van der Waals surface area contributed by atoms with E-state index >= 15 is 0 Å². The lowest BCUT2D eigenvalue weighted by atomic mass is 9.89. The highest BCUT2D eigenvalue weighted by Crippen LogP contribution is 2.36. The Hall–Kier alpha value is -2.39. The highest BCUT2D eigenvalue weighted by molar-refractivity contribution is 7.99.